The SMILES string of the molecule is Cc1cc(/C=C2/SC(=O)N(CC(=O)OC(C)C)C2=O)ccc1N1CCOCC1. The first-order valence-electron chi connectivity index (χ1n) is 9.23. The molecule has 0 N–H and O–H groups in total. The van der Waals surface area contributed by atoms with Crippen LogP contribution in [-0.4, -0.2) is 61.0 Å². The van der Waals surface area contributed by atoms with Gasteiger partial charge in [-0.15, -0.1) is 0 Å². The second kappa shape index (κ2) is 8.79. The van der Waals surface area contributed by atoms with Gasteiger partial charge in [0.15, 0.2) is 0 Å². The number of thioether (sulfide) groups is 1. The van der Waals surface area contributed by atoms with Crippen molar-refractivity contribution in [1.29, 1.82) is 0 Å². The third-order valence-electron chi connectivity index (χ3n) is 4.40. The van der Waals surface area contributed by atoms with Gasteiger partial charge in [0, 0.05) is 18.8 Å². The van der Waals surface area contributed by atoms with E-state index in [1.54, 1.807) is 19.9 Å². The molecule has 1 aromatic carbocycles. The van der Waals surface area contributed by atoms with E-state index in [2.05, 4.69) is 4.90 Å². The van der Waals surface area contributed by atoms with E-state index >= 15 is 0 Å². The molecule has 2 saturated heterocycles. The maximum Gasteiger partial charge on any atom is 0.326 e. The Hall–Kier alpha value is -2.32. The van der Waals surface area contributed by atoms with Crippen LogP contribution in [0.5, 0.6) is 0 Å². The molecule has 0 atom stereocenters. The maximum absolute atomic E-state index is 12.5. The molecule has 0 aliphatic carbocycles. The van der Waals surface area contributed by atoms with Crippen molar-refractivity contribution in [3.05, 3.63) is 34.2 Å². The molecule has 0 radical (unpaired) electrons. The number of imide groups is 1. The molecule has 3 rings (SSSR count). The number of carbonyl (C=O) groups is 3. The van der Waals surface area contributed by atoms with Crippen LogP contribution < -0.4 is 4.90 Å². The molecule has 0 aromatic heterocycles. The molecule has 0 saturated carbocycles. The smallest absolute Gasteiger partial charge is 0.326 e. The Labute approximate surface area is 168 Å². The number of nitrogens with zero attached hydrogens (tertiary/aromatic N) is 2. The number of hydrogen-bond donors (Lipinski definition) is 0. The second-order valence-electron chi connectivity index (χ2n) is 6.95. The normalized spacial score (nSPS) is 19.1. The van der Waals surface area contributed by atoms with Crippen molar-refractivity contribution in [3.63, 3.8) is 0 Å². The number of hydrogen-bond acceptors (Lipinski definition) is 7. The summed E-state index contributed by atoms with van der Waals surface area (Å²) >= 11 is 0.839. The van der Waals surface area contributed by atoms with Gasteiger partial charge in [-0.05, 0) is 61.9 Å². The van der Waals surface area contributed by atoms with Crippen molar-refractivity contribution in [2.45, 2.75) is 26.9 Å². The molecule has 0 unspecified atom stereocenters. The molecular formula is C20H24N2O5S. The molecule has 2 heterocycles. The van der Waals surface area contributed by atoms with Gasteiger partial charge in [0.1, 0.15) is 6.54 Å². The first-order valence-corrected chi connectivity index (χ1v) is 10.0. The topological polar surface area (TPSA) is 76.2 Å². The van der Waals surface area contributed by atoms with Gasteiger partial charge in [-0.2, -0.15) is 0 Å². The van der Waals surface area contributed by atoms with E-state index in [-0.39, 0.29) is 12.6 Å². The quantitative estimate of drug-likeness (QED) is 0.552. The highest BCUT2D eigenvalue weighted by Crippen LogP contribution is 2.33. The first-order chi connectivity index (χ1) is 13.3. The number of benzene rings is 1. The van der Waals surface area contributed by atoms with Crippen molar-refractivity contribution in [1.82, 2.24) is 4.90 Å². The molecular weight excluding hydrogens is 380 g/mol. The van der Waals surface area contributed by atoms with E-state index in [0.29, 0.717) is 18.1 Å². The van der Waals surface area contributed by atoms with Gasteiger partial charge >= 0.3 is 5.97 Å². The summed E-state index contributed by atoms with van der Waals surface area (Å²) in [5.41, 5.74) is 3.07. The van der Waals surface area contributed by atoms with Crippen molar-refractivity contribution in [2.75, 3.05) is 37.7 Å². The fourth-order valence-electron chi connectivity index (χ4n) is 3.14. The Kier molecular flexibility index (Phi) is 6.41. The average Bonchev–Trinajstić information content (AvgIpc) is 2.89. The predicted octanol–water partition coefficient (Wildman–Crippen LogP) is 2.82. The second-order valence-corrected chi connectivity index (χ2v) is 7.95. The van der Waals surface area contributed by atoms with Gasteiger partial charge in [-0.3, -0.25) is 19.3 Å². The summed E-state index contributed by atoms with van der Waals surface area (Å²) in [5.74, 6) is -1.06. The summed E-state index contributed by atoms with van der Waals surface area (Å²) in [6, 6.07) is 5.95. The number of anilines is 1. The van der Waals surface area contributed by atoms with Gasteiger partial charge in [-0.1, -0.05) is 6.07 Å². The van der Waals surface area contributed by atoms with E-state index in [4.69, 9.17) is 9.47 Å². The fraction of sp³-hybridized carbons (Fsp3) is 0.450. The lowest BCUT2D eigenvalue weighted by molar-refractivity contribution is -0.149. The van der Waals surface area contributed by atoms with Crippen LogP contribution in [0.1, 0.15) is 25.0 Å². The lowest BCUT2D eigenvalue weighted by Gasteiger charge is -2.30. The van der Waals surface area contributed by atoms with Crippen LogP contribution in [0.25, 0.3) is 6.08 Å². The highest BCUT2D eigenvalue weighted by Gasteiger charge is 2.36. The van der Waals surface area contributed by atoms with Gasteiger partial charge in [-0.25, -0.2) is 0 Å². The molecule has 0 bridgehead atoms. The first kappa shape index (κ1) is 20.4. The van der Waals surface area contributed by atoms with Crippen LogP contribution >= 0.6 is 11.8 Å². The summed E-state index contributed by atoms with van der Waals surface area (Å²) < 4.78 is 10.4. The molecule has 8 heteroatoms. The monoisotopic (exact) mass is 404 g/mol. The highest BCUT2D eigenvalue weighted by molar-refractivity contribution is 8.18. The van der Waals surface area contributed by atoms with Crippen LogP contribution in [0.3, 0.4) is 0 Å². The van der Waals surface area contributed by atoms with Crippen molar-refractivity contribution < 1.29 is 23.9 Å². The van der Waals surface area contributed by atoms with Crippen LogP contribution in [0, 0.1) is 6.92 Å². The molecule has 7 nitrogen and oxygen atoms in total. The Bertz CT molecular complexity index is 815. The number of aryl methyl sites for hydroxylation is 1. The standard InChI is InChI=1S/C20H24N2O5S/c1-13(2)27-18(23)12-22-19(24)17(28-20(22)25)11-15-4-5-16(14(3)10-15)21-6-8-26-9-7-21/h4-5,10-11,13H,6-9,12H2,1-3H3/b17-11+. The zero-order valence-electron chi connectivity index (χ0n) is 16.3. The largest absolute Gasteiger partial charge is 0.462 e. The summed E-state index contributed by atoms with van der Waals surface area (Å²) in [7, 11) is 0. The predicted molar refractivity (Wildman–Crippen MR) is 108 cm³/mol. The number of amides is 2. The van der Waals surface area contributed by atoms with Crippen LogP contribution in [0.4, 0.5) is 10.5 Å². The Morgan fingerprint density at radius 1 is 1.29 bits per heavy atom. The van der Waals surface area contributed by atoms with Gasteiger partial charge in [0.2, 0.25) is 0 Å². The zero-order chi connectivity index (χ0) is 20.3. The van der Waals surface area contributed by atoms with Gasteiger partial charge < -0.3 is 14.4 Å². The molecule has 2 fully saturated rings. The van der Waals surface area contributed by atoms with Crippen molar-refractivity contribution in [3.8, 4) is 0 Å². The fourth-order valence-corrected chi connectivity index (χ4v) is 3.98. The molecule has 2 amide bonds. The molecule has 28 heavy (non-hydrogen) atoms. The summed E-state index contributed by atoms with van der Waals surface area (Å²) in [6.07, 6.45) is 1.39. The highest BCUT2D eigenvalue weighted by atomic mass is 32.2. The van der Waals surface area contributed by atoms with Crippen LogP contribution in [0.15, 0.2) is 23.1 Å². The summed E-state index contributed by atoms with van der Waals surface area (Å²) in [4.78, 5) is 40.0. The Morgan fingerprint density at radius 3 is 2.64 bits per heavy atom. The van der Waals surface area contributed by atoms with E-state index in [1.165, 1.54) is 0 Å². The third kappa shape index (κ3) is 4.74. The maximum atomic E-state index is 12.5. The van der Waals surface area contributed by atoms with Crippen LogP contribution in [0.2, 0.25) is 0 Å². The van der Waals surface area contributed by atoms with Crippen molar-refractivity contribution >= 4 is 40.6 Å². The molecule has 0 spiro atoms. The zero-order valence-corrected chi connectivity index (χ0v) is 17.1. The number of esters is 1. The van der Waals surface area contributed by atoms with E-state index in [9.17, 15) is 14.4 Å². The van der Waals surface area contributed by atoms with Crippen molar-refractivity contribution in [2.24, 2.45) is 0 Å². The van der Waals surface area contributed by atoms with Gasteiger partial charge in [0.25, 0.3) is 11.1 Å². The number of rotatable bonds is 5. The number of ether oxygens (including phenoxy) is 2. The average molecular weight is 404 g/mol. The van der Waals surface area contributed by atoms with Gasteiger partial charge in [0.05, 0.1) is 24.2 Å². The Morgan fingerprint density at radius 2 is 2.00 bits per heavy atom. The summed E-state index contributed by atoms with van der Waals surface area (Å²) in [5, 5.41) is -0.460. The van der Waals surface area contributed by atoms with E-state index in [1.807, 2.05) is 25.1 Å². The Balaban J connectivity index is 1.72. The minimum absolute atomic E-state index is 0.295. The van der Waals surface area contributed by atoms with E-state index < -0.39 is 17.1 Å². The number of carbonyl (C=O) groups excluding carboxylic acids is 3. The molecule has 2 aliphatic rings. The molecule has 1 aromatic rings. The summed E-state index contributed by atoms with van der Waals surface area (Å²) in [6.45, 7) is 8.23. The minimum Gasteiger partial charge on any atom is -0.462 e. The number of morpholine rings is 1. The molecule has 2 aliphatic heterocycles. The molecule has 150 valence electrons. The van der Waals surface area contributed by atoms with Crippen LogP contribution in [-0.2, 0) is 19.1 Å². The lowest BCUT2D eigenvalue weighted by atomic mass is 10.1. The van der Waals surface area contributed by atoms with E-state index in [0.717, 1.165) is 46.6 Å². The third-order valence-corrected chi connectivity index (χ3v) is 5.31. The minimum atomic E-state index is -0.593. The lowest BCUT2D eigenvalue weighted by Crippen LogP contribution is -2.36.